The predicted molar refractivity (Wildman–Crippen MR) is 204 cm³/mol. The number of aryl methyl sites for hydroxylation is 1. The Morgan fingerprint density at radius 3 is 1.40 bits per heavy atom. The van der Waals surface area contributed by atoms with Gasteiger partial charge in [0, 0.05) is 41.5 Å². The van der Waals surface area contributed by atoms with Gasteiger partial charge in [-0.2, -0.15) is 0 Å². The summed E-state index contributed by atoms with van der Waals surface area (Å²) in [6.07, 6.45) is 1.21. The smallest absolute Gasteiger partial charge is 0.167 e. The normalized spacial score (nSPS) is 10.8. The van der Waals surface area contributed by atoms with Crippen molar-refractivity contribution in [3.63, 3.8) is 0 Å². The van der Waals surface area contributed by atoms with Crippen molar-refractivity contribution in [1.82, 2.24) is 0 Å². The van der Waals surface area contributed by atoms with Crippen LogP contribution >= 0.6 is 0 Å². The number of hydrogen-bond donors (Lipinski definition) is 1. The van der Waals surface area contributed by atoms with Crippen LogP contribution in [0.15, 0.2) is 140 Å². The first kappa shape index (κ1) is 36.2. The molecule has 0 bridgehead atoms. The van der Waals surface area contributed by atoms with E-state index in [0.29, 0.717) is 34.1 Å². The monoisotopic (exact) mass is 702 g/mol. The molecule has 53 heavy (non-hydrogen) atoms. The average Bonchev–Trinajstić information content (AvgIpc) is 3.16. The van der Waals surface area contributed by atoms with Gasteiger partial charge in [0.1, 0.15) is 28.7 Å². The number of ketones is 4. The number of carbonyl (C=O) groups excluding carboxylic acids is 4. The van der Waals surface area contributed by atoms with E-state index in [9.17, 15) is 24.3 Å². The lowest BCUT2D eigenvalue weighted by Gasteiger charge is -2.10. The van der Waals surface area contributed by atoms with Gasteiger partial charge in [0.2, 0.25) is 0 Å². The van der Waals surface area contributed by atoms with E-state index in [1.807, 2.05) is 60.7 Å². The molecule has 0 atom stereocenters. The van der Waals surface area contributed by atoms with E-state index in [1.54, 1.807) is 60.7 Å². The average molecular weight is 703 g/mol. The van der Waals surface area contributed by atoms with Gasteiger partial charge in [-0.05, 0) is 108 Å². The summed E-state index contributed by atoms with van der Waals surface area (Å²) in [5.41, 5.74) is 4.90. The Morgan fingerprint density at radius 2 is 0.887 bits per heavy atom. The highest BCUT2D eigenvalue weighted by atomic mass is 16.5. The largest absolute Gasteiger partial charge is 0.508 e. The highest BCUT2D eigenvalue weighted by molar-refractivity contribution is 6.03. The summed E-state index contributed by atoms with van der Waals surface area (Å²) in [5, 5.41) is 10.4. The number of phenols is 1. The van der Waals surface area contributed by atoms with Gasteiger partial charge < -0.3 is 14.6 Å². The molecule has 1 N–H and O–H groups in total. The van der Waals surface area contributed by atoms with Crippen molar-refractivity contribution >= 4 is 23.1 Å². The lowest BCUT2D eigenvalue weighted by molar-refractivity contribution is 0.0980. The third kappa shape index (κ3) is 9.80. The van der Waals surface area contributed by atoms with Crippen molar-refractivity contribution in [2.45, 2.75) is 39.5 Å². The molecule has 264 valence electrons. The minimum Gasteiger partial charge on any atom is -0.508 e. The van der Waals surface area contributed by atoms with Gasteiger partial charge in [-0.3, -0.25) is 19.2 Å². The fraction of sp³-hybridized carbons (Fsp3) is 0.130. The Bertz CT molecular complexity index is 2290. The Labute approximate surface area is 308 Å². The maximum Gasteiger partial charge on any atom is 0.167 e. The third-order valence-electron chi connectivity index (χ3n) is 8.77. The minimum atomic E-state index is -0.251. The van der Waals surface area contributed by atoms with Crippen LogP contribution < -0.4 is 9.47 Å². The second-order valence-corrected chi connectivity index (χ2v) is 12.8. The predicted octanol–water partition coefficient (Wildman–Crippen LogP) is 10.0. The lowest BCUT2D eigenvalue weighted by Crippen LogP contribution is -2.08. The van der Waals surface area contributed by atoms with Crippen LogP contribution in [0.5, 0.6) is 28.7 Å². The van der Waals surface area contributed by atoms with Crippen LogP contribution in [0.2, 0.25) is 0 Å². The molecule has 0 radical (unpaired) electrons. The second kappa shape index (κ2) is 16.6. The molecule has 0 heterocycles. The quantitative estimate of drug-likeness (QED) is 0.106. The Kier molecular flexibility index (Phi) is 11.3. The first-order chi connectivity index (χ1) is 25.6. The van der Waals surface area contributed by atoms with E-state index in [0.717, 1.165) is 23.1 Å². The van der Waals surface area contributed by atoms with Crippen LogP contribution in [-0.2, 0) is 25.7 Å². The molecule has 0 spiro atoms. The summed E-state index contributed by atoms with van der Waals surface area (Å²) >= 11 is 0. The SMILES string of the molecule is CCc1ccc(Oc2cccc(CC(=O)c3cc(O)cc(C(=O)Cc4ccc(Oc5cccc(CC(=O)c6cccc(C(C)=O)c6)c5)cc4)c3)c2)cc1. The number of aromatic hydroxyl groups is 1. The lowest BCUT2D eigenvalue weighted by atomic mass is 9.97. The number of ether oxygens (including phenoxy) is 2. The van der Waals surface area contributed by atoms with Gasteiger partial charge in [0.15, 0.2) is 23.1 Å². The maximum absolute atomic E-state index is 13.3. The molecule has 0 aliphatic rings. The summed E-state index contributed by atoms with van der Waals surface area (Å²) in [5.74, 6) is 1.56. The number of carbonyl (C=O) groups is 4. The molecule has 0 saturated heterocycles. The van der Waals surface area contributed by atoms with Crippen molar-refractivity contribution in [3.05, 3.63) is 184 Å². The zero-order valence-electron chi connectivity index (χ0n) is 29.5. The van der Waals surface area contributed by atoms with Gasteiger partial charge in [0.05, 0.1) is 0 Å². The van der Waals surface area contributed by atoms with Crippen molar-refractivity contribution in [3.8, 4) is 28.7 Å². The van der Waals surface area contributed by atoms with Gasteiger partial charge in [-0.15, -0.1) is 0 Å². The van der Waals surface area contributed by atoms with Gasteiger partial charge in [-0.25, -0.2) is 0 Å². The van der Waals surface area contributed by atoms with E-state index in [2.05, 4.69) is 6.92 Å². The molecule has 7 nitrogen and oxygen atoms in total. The van der Waals surface area contributed by atoms with Crippen molar-refractivity contribution in [2.75, 3.05) is 0 Å². The highest BCUT2D eigenvalue weighted by Gasteiger charge is 2.16. The van der Waals surface area contributed by atoms with Crippen LogP contribution in [0.25, 0.3) is 0 Å². The molecular weight excluding hydrogens is 664 g/mol. The van der Waals surface area contributed by atoms with Crippen LogP contribution in [0.1, 0.15) is 77.5 Å². The van der Waals surface area contributed by atoms with Crippen LogP contribution in [-0.4, -0.2) is 28.2 Å². The molecular formula is C46H38O7. The Morgan fingerprint density at radius 1 is 0.453 bits per heavy atom. The van der Waals surface area contributed by atoms with Gasteiger partial charge >= 0.3 is 0 Å². The summed E-state index contributed by atoms with van der Waals surface area (Å²) < 4.78 is 12.0. The number of Topliss-reactive ketones (excluding diaryl/α,β-unsaturated/α-hetero) is 4. The van der Waals surface area contributed by atoms with E-state index in [1.165, 1.54) is 30.7 Å². The summed E-state index contributed by atoms with van der Waals surface area (Å²) in [6, 6.07) is 40.4. The summed E-state index contributed by atoms with van der Waals surface area (Å²) in [7, 11) is 0. The molecule has 7 heteroatoms. The van der Waals surface area contributed by atoms with E-state index < -0.39 is 0 Å². The standard InChI is InChI=1S/C46H38O7/c1-3-31-13-17-40(18-14-31)52-43-12-5-8-34(22-43)25-46(51)38-27-37(28-39(48)29-38)45(50)23-32-15-19-41(20-16-32)53-42-11-4-7-33(21-42)24-44(49)36-10-6-9-35(26-36)30(2)47/h4-22,26-29,48H,3,23-25H2,1-2H3. The fourth-order valence-electron chi connectivity index (χ4n) is 5.89. The van der Waals surface area contributed by atoms with Crippen molar-refractivity contribution in [2.24, 2.45) is 0 Å². The second-order valence-electron chi connectivity index (χ2n) is 12.8. The number of phenolic OH excluding ortho intramolecular Hbond substituents is 1. The van der Waals surface area contributed by atoms with E-state index >= 15 is 0 Å². The topological polar surface area (TPSA) is 107 Å². The third-order valence-corrected chi connectivity index (χ3v) is 8.77. The molecule has 6 aromatic carbocycles. The zero-order valence-corrected chi connectivity index (χ0v) is 29.5. The minimum absolute atomic E-state index is 0.0540. The fourth-order valence-corrected chi connectivity index (χ4v) is 5.89. The van der Waals surface area contributed by atoms with E-state index in [4.69, 9.17) is 9.47 Å². The number of hydrogen-bond acceptors (Lipinski definition) is 7. The van der Waals surface area contributed by atoms with E-state index in [-0.39, 0.29) is 59.3 Å². The molecule has 6 rings (SSSR count). The van der Waals surface area contributed by atoms with Crippen LogP contribution in [0, 0.1) is 0 Å². The molecule has 0 amide bonds. The molecule has 0 saturated carbocycles. The maximum atomic E-state index is 13.3. The first-order valence-corrected chi connectivity index (χ1v) is 17.4. The van der Waals surface area contributed by atoms with Crippen LogP contribution in [0.3, 0.4) is 0 Å². The zero-order chi connectivity index (χ0) is 37.3. The van der Waals surface area contributed by atoms with Gasteiger partial charge in [0.25, 0.3) is 0 Å². The molecule has 0 aliphatic heterocycles. The Hall–Kier alpha value is -6.60. The van der Waals surface area contributed by atoms with Crippen molar-refractivity contribution < 1.29 is 33.8 Å². The molecule has 0 fully saturated rings. The first-order valence-electron chi connectivity index (χ1n) is 17.4. The molecule has 0 unspecified atom stereocenters. The summed E-state index contributed by atoms with van der Waals surface area (Å²) in [6.45, 7) is 3.56. The Balaban J connectivity index is 1.05. The molecule has 0 aliphatic carbocycles. The van der Waals surface area contributed by atoms with Crippen molar-refractivity contribution in [1.29, 1.82) is 0 Å². The number of benzene rings is 6. The molecule has 0 aromatic heterocycles. The summed E-state index contributed by atoms with van der Waals surface area (Å²) in [4.78, 5) is 51.2. The highest BCUT2D eigenvalue weighted by Crippen LogP contribution is 2.26. The van der Waals surface area contributed by atoms with Crippen LogP contribution in [0.4, 0.5) is 0 Å². The van der Waals surface area contributed by atoms with Gasteiger partial charge in [-0.1, -0.05) is 73.7 Å². The molecule has 6 aromatic rings. The number of rotatable bonds is 15.